The maximum atomic E-state index is 12.4. The van der Waals surface area contributed by atoms with Crippen LogP contribution in [-0.2, 0) is 11.3 Å². The van der Waals surface area contributed by atoms with Gasteiger partial charge in [0.2, 0.25) is 5.89 Å². The summed E-state index contributed by atoms with van der Waals surface area (Å²) in [6.45, 7) is 13.7. The average molecular weight is 380 g/mol. The Kier molecular flexibility index (Phi) is 7.10. The van der Waals surface area contributed by atoms with Crippen LogP contribution in [0.4, 0.5) is 4.79 Å². The highest BCUT2D eigenvalue weighted by atomic mass is 16.6. The highest BCUT2D eigenvalue weighted by molar-refractivity contribution is 5.79. The monoisotopic (exact) mass is 379 g/mol. The van der Waals surface area contributed by atoms with Gasteiger partial charge in [-0.2, -0.15) is 0 Å². The number of rotatable bonds is 7. The Bertz CT molecular complexity index is 639. The minimum Gasteiger partial charge on any atom is -0.444 e. The number of amides is 1. The lowest BCUT2D eigenvalue weighted by molar-refractivity contribution is 0.0238. The van der Waals surface area contributed by atoms with Crippen molar-refractivity contribution in [2.24, 2.45) is 4.99 Å². The van der Waals surface area contributed by atoms with Crippen LogP contribution in [-0.4, -0.2) is 53.2 Å². The van der Waals surface area contributed by atoms with Gasteiger partial charge in [0.15, 0.2) is 5.96 Å². The summed E-state index contributed by atoms with van der Waals surface area (Å²) >= 11 is 0. The van der Waals surface area contributed by atoms with Crippen LogP contribution in [0, 0.1) is 13.8 Å². The Morgan fingerprint density at radius 2 is 2.04 bits per heavy atom. The molecule has 1 amide bonds. The summed E-state index contributed by atoms with van der Waals surface area (Å²) in [7, 11) is 0. The summed E-state index contributed by atoms with van der Waals surface area (Å²) in [5.74, 6) is 2.08. The number of carbonyl (C=O) groups excluding carboxylic acids is 1. The van der Waals surface area contributed by atoms with E-state index in [1.807, 2.05) is 46.4 Å². The van der Waals surface area contributed by atoms with Crippen LogP contribution in [0.2, 0.25) is 0 Å². The Balaban J connectivity index is 1.88. The number of nitrogens with zero attached hydrogens (tertiary/aromatic N) is 3. The van der Waals surface area contributed by atoms with Gasteiger partial charge in [-0.15, -0.1) is 0 Å². The van der Waals surface area contributed by atoms with Crippen molar-refractivity contribution in [3.63, 3.8) is 0 Å². The average Bonchev–Trinajstić information content (AvgIpc) is 3.33. The summed E-state index contributed by atoms with van der Waals surface area (Å²) < 4.78 is 11.1. The van der Waals surface area contributed by atoms with Crippen LogP contribution in [0.15, 0.2) is 9.41 Å². The highest BCUT2D eigenvalue weighted by Crippen LogP contribution is 2.28. The van der Waals surface area contributed by atoms with E-state index in [2.05, 4.69) is 20.6 Å². The molecule has 0 atom stereocenters. The van der Waals surface area contributed by atoms with Crippen LogP contribution in [0.25, 0.3) is 0 Å². The van der Waals surface area contributed by atoms with Gasteiger partial charge in [0.05, 0.1) is 5.69 Å². The zero-order chi connectivity index (χ0) is 20.0. The second-order valence-electron chi connectivity index (χ2n) is 7.78. The van der Waals surface area contributed by atoms with Gasteiger partial charge in [0.25, 0.3) is 0 Å². The Morgan fingerprint density at radius 1 is 1.33 bits per heavy atom. The molecule has 27 heavy (non-hydrogen) atoms. The quantitative estimate of drug-likeness (QED) is 0.559. The van der Waals surface area contributed by atoms with Crippen molar-refractivity contribution in [2.45, 2.75) is 72.6 Å². The second-order valence-corrected chi connectivity index (χ2v) is 7.78. The highest BCUT2D eigenvalue weighted by Gasteiger charge is 2.34. The van der Waals surface area contributed by atoms with E-state index in [4.69, 9.17) is 9.15 Å². The third-order valence-corrected chi connectivity index (χ3v) is 4.05. The van der Waals surface area contributed by atoms with Crippen molar-refractivity contribution in [3.05, 3.63) is 17.3 Å². The van der Waals surface area contributed by atoms with Crippen molar-refractivity contribution in [1.29, 1.82) is 0 Å². The standard InChI is InChI=1S/C19H33N5O3/c1-7-20-17(22-12-16-23-13(2)14(3)26-16)21-10-11-24(15-8-9-15)18(25)27-19(4,5)6/h15H,7-12H2,1-6H3,(H2,20,21,22). The molecule has 1 heterocycles. The summed E-state index contributed by atoms with van der Waals surface area (Å²) in [4.78, 5) is 23.0. The van der Waals surface area contributed by atoms with Gasteiger partial charge >= 0.3 is 6.09 Å². The molecule has 1 fully saturated rings. The topological polar surface area (TPSA) is 92.0 Å². The minimum absolute atomic E-state index is 0.250. The zero-order valence-electron chi connectivity index (χ0n) is 17.4. The number of nitrogens with one attached hydrogen (secondary N) is 2. The van der Waals surface area contributed by atoms with Gasteiger partial charge in [-0.3, -0.25) is 0 Å². The third-order valence-electron chi connectivity index (χ3n) is 4.05. The number of carbonyl (C=O) groups is 1. The molecule has 8 heteroatoms. The van der Waals surface area contributed by atoms with Crippen molar-refractivity contribution in [1.82, 2.24) is 20.5 Å². The summed E-state index contributed by atoms with van der Waals surface area (Å²) in [5, 5.41) is 6.46. The first-order valence-corrected chi connectivity index (χ1v) is 9.64. The van der Waals surface area contributed by atoms with Crippen molar-refractivity contribution in [3.8, 4) is 0 Å². The fraction of sp³-hybridized carbons (Fsp3) is 0.737. The van der Waals surface area contributed by atoms with E-state index in [0.717, 1.165) is 30.8 Å². The van der Waals surface area contributed by atoms with Crippen molar-refractivity contribution >= 4 is 12.1 Å². The van der Waals surface area contributed by atoms with E-state index >= 15 is 0 Å². The predicted octanol–water partition coefficient (Wildman–Crippen LogP) is 2.75. The molecule has 0 radical (unpaired) electrons. The number of hydrogen-bond donors (Lipinski definition) is 2. The molecule has 0 aliphatic heterocycles. The number of aromatic nitrogens is 1. The summed E-state index contributed by atoms with van der Waals surface area (Å²) in [5.41, 5.74) is 0.399. The lowest BCUT2D eigenvalue weighted by Crippen LogP contribution is -2.45. The summed E-state index contributed by atoms with van der Waals surface area (Å²) in [6.07, 6.45) is 1.83. The molecule has 1 aliphatic carbocycles. The first-order chi connectivity index (χ1) is 12.7. The third kappa shape index (κ3) is 7.11. The smallest absolute Gasteiger partial charge is 0.410 e. The number of oxazole rings is 1. The first-order valence-electron chi connectivity index (χ1n) is 9.64. The van der Waals surface area contributed by atoms with Crippen LogP contribution >= 0.6 is 0 Å². The molecular weight excluding hydrogens is 346 g/mol. The molecule has 152 valence electrons. The molecule has 0 spiro atoms. The molecule has 1 saturated carbocycles. The largest absolute Gasteiger partial charge is 0.444 e. The molecular formula is C19H33N5O3. The van der Waals surface area contributed by atoms with E-state index in [0.29, 0.717) is 37.5 Å². The lowest BCUT2D eigenvalue weighted by atomic mass is 10.2. The maximum Gasteiger partial charge on any atom is 0.410 e. The molecule has 1 aliphatic rings. The van der Waals surface area contributed by atoms with Gasteiger partial charge in [-0.05, 0) is 54.4 Å². The van der Waals surface area contributed by atoms with E-state index in [1.165, 1.54) is 0 Å². The number of aryl methyl sites for hydroxylation is 2. The van der Waals surface area contributed by atoms with Gasteiger partial charge in [-0.25, -0.2) is 14.8 Å². The Morgan fingerprint density at radius 3 is 2.56 bits per heavy atom. The fourth-order valence-corrected chi connectivity index (χ4v) is 2.52. The van der Waals surface area contributed by atoms with Gasteiger partial charge in [0.1, 0.15) is 17.9 Å². The lowest BCUT2D eigenvalue weighted by Gasteiger charge is -2.27. The van der Waals surface area contributed by atoms with E-state index in [-0.39, 0.29) is 6.09 Å². The second kappa shape index (κ2) is 9.10. The molecule has 2 N–H and O–H groups in total. The normalized spacial score (nSPS) is 14.8. The van der Waals surface area contributed by atoms with Crippen LogP contribution in [0.5, 0.6) is 0 Å². The summed E-state index contributed by atoms with van der Waals surface area (Å²) in [6, 6.07) is 0.291. The van der Waals surface area contributed by atoms with Crippen molar-refractivity contribution in [2.75, 3.05) is 19.6 Å². The molecule has 1 aromatic rings. The molecule has 8 nitrogen and oxygen atoms in total. The van der Waals surface area contributed by atoms with E-state index < -0.39 is 5.60 Å². The van der Waals surface area contributed by atoms with Gasteiger partial charge < -0.3 is 24.7 Å². The molecule has 1 aromatic heterocycles. The van der Waals surface area contributed by atoms with Crippen LogP contribution in [0.3, 0.4) is 0 Å². The molecule has 0 unspecified atom stereocenters. The number of ether oxygens (including phenoxy) is 1. The molecule has 0 saturated heterocycles. The maximum absolute atomic E-state index is 12.4. The Hall–Kier alpha value is -2.25. The number of guanidine groups is 1. The van der Waals surface area contributed by atoms with Crippen LogP contribution < -0.4 is 10.6 Å². The molecule has 2 rings (SSSR count). The van der Waals surface area contributed by atoms with E-state index in [1.54, 1.807) is 0 Å². The minimum atomic E-state index is -0.486. The molecule has 0 bridgehead atoms. The van der Waals surface area contributed by atoms with Gasteiger partial charge in [0, 0.05) is 25.7 Å². The SMILES string of the molecule is CCNC(=NCc1nc(C)c(C)o1)NCCN(C(=O)OC(C)(C)C)C1CC1. The molecule has 0 aromatic carbocycles. The Labute approximate surface area is 161 Å². The van der Waals surface area contributed by atoms with E-state index in [9.17, 15) is 4.79 Å². The fourth-order valence-electron chi connectivity index (χ4n) is 2.52. The van der Waals surface area contributed by atoms with Crippen molar-refractivity contribution < 1.29 is 13.9 Å². The zero-order valence-corrected chi connectivity index (χ0v) is 17.4. The first kappa shape index (κ1) is 21.1. The number of hydrogen-bond acceptors (Lipinski definition) is 5. The number of aliphatic imine (C=N–C) groups is 1. The van der Waals surface area contributed by atoms with Crippen LogP contribution in [0.1, 0.15) is 57.9 Å². The predicted molar refractivity (Wildman–Crippen MR) is 105 cm³/mol. The van der Waals surface area contributed by atoms with Gasteiger partial charge in [-0.1, -0.05) is 0 Å².